The van der Waals surface area contributed by atoms with Crippen LogP contribution in [0.5, 0.6) is 0 Å². The molecular formula is C15H27NO2. The first-order valence-corrected chi connectivity index (χ1v) is 7.30. The third-order valence-electron chi connectivity index (χ3n) is 3.71. The van der Waals surface area contributed by atoms with Gasteiger partial charge < -0.3 is 10.1 Å². The molecular weight excluding hydrogens is 226 g/mol. The van der Waals surface area contributed by atoms with Crippen molar-refractivity contribution in [2.45, 2.75) is 58.4 Å². The Morgan fingerprint density at radius 2 is 2.00 bits per heavy atom. The Kier molecular flexibility index (Phi) is 7.74. The summed E-state index contributed by atoms with van der Waals surface area (Å²) < 4.78 is 4.83. The van der Waals surface area contributed by atoms with Gasteiger partial charge in [0.05, 0.1) is 6.61 Å². The van der Waals surface area contributed by atoms with Gasteiger partial charge in [-0.05, 0) is 32.6 Å². The molecule has 1 rings (SSSR count). The van der Waals surface area contributed by atoms with E-state index in [4.69, 9.17) is 4.74 Å². The van der Waals surface area contributed by atoms with Gasteiger partial charge in [0.2, 0.25) is 0 Å². The second-order valence-corrected chi connectivity index (χ2v) is 5.10. The Morgan fingerprint density at radius 3 is 2.61 bits per heavy atom. The normalized spacial score (nSPS) is 19.7. The number of ether oxygens (including phenoxy) is 1. The standard InChI is InChI=1S/C15H27NO2/c1-3-18-15(17)11-8-12-16-13(2)14-9-6-4-5-7-10-14/h8,11,13-14,16H,3-7,9-10,12H2,1-2H3/b11-8+/t13-/m0/s1. The highest BCUT2D eigenvalue weighted by Crippen LogP contribution is 2.25. The van der Waals surface area contributed by atoms with Crippen LogP contribution in [0.25, 0.3) is 0 Å². The highest BCUT2D eigenvalue weighted by Gasteiger charge is 2.17. The van der Waals surface area contributed by atoms with Crippen molar-refractivity contribution in [3.8, 4) is 0 Å². The molecule has 0 aromatic heterocycles. The summed E-state index contributed by atoms with van der Waals surface area (Å²) >= 11 is 0. The highest BCUT2D eigenvalue weighted by molar-refractivity contribution is 5.81. The molecule has 1 N–H and O–H groups in total. The number of esters is 1. The van der Waals surface area contributed by atoms with Crippen LogP contribution < -0.4 is 5.32 Å². The Morgan fingerprint density at radius 1 is 1.33 bits per heavy atom. The van der Waals surface area contributed by atoms with E-state index in [2.05, 4.69) is 12.2 Å². The van der Waals surface area contributed by atoms with Gasteiger partial charge in [0.25, 0.3) is 0 Å². The van der Waals surface area contributed by atoms with Crippen molar-refractivity contribution in [1.82, 2.24) is 5.32 Å². The average Bonchev–Trinajstić information content (AvgIpc) is 2.63. The molecule has 0 amide bonds. The summed E-state index contributed by atoms with van der Waals surface area (Å²) in [5.74, 6) is 0.546. The maximum Gasteiger partial charge on any atom is 0.330 e. The molecule has 0 aromatic carbocycles. The van der Waals surface area contributed by atoms with Gasteiger partial charge in [0.1, 0.15) is 0 Å². The quantitative estimate of drug-likeness (QED) is 0.449. The zero-order valence-electron chi connectivity index (χ0n) is 11.8. The summed E-state index contributed by atoms with van der Waals surface area (Å²) in [4.78, 5) is 11.1. The van der Waals surface area contributed by atoms with Crippen molar-refractivity contribution in [3.05, 3.63) is 12.2 Å². The maximum atomic E-state index is 11.1. The predicted octanol–water partition coefficient (Wildman–Crippen LogP) is 3.05. The second kappa shape index (κ2) is 9.15. The van der Waals surface area contributed by atoms with E-state index in [9.17, 15) is 4.79 Å². The summed E-state index contributed by atoms with van der Waals surface area (Å²) in [6, 6.07) is 0.537. The Hall–Kier alpha value is -0.830. The molecule has 0 spiro atoms. The topological polar surface area (TPSA) is 38.3 Å². The minimum absolute atomic E-state index is 0.249. The van der Waals surface area contributed by atoms with E-state index in [0.29, 0.717) is 12.6 Å². The fourth-order valence-corrected chi connectivity index (χ4v) is 2.58. The number of carbonyl (C=O) groups is 1. The second-order valence-electron chi connectivity index (χ2n) is 5.10. The van der Waals surface area contributed by atoms with Crippen molar-refractivity contribution in [3.63, 3.8) is 0 Å². The number of hydrogen-bond acceptors (Lipinski definition) is 3. The van der Waals surface area contributed by atoms with E-state index >= 15 is 0 Å². The smallest absolute Gasteiger partial charge is 0.330 e. The maximum absolute atomic E-state index is 11.1. The molecule has 3 nitrogen and oxygen atoms in total. The molecule has 1 fully saturated rings. The molecule has 1 saturated carbocycles. The predicted molar refractivity (Wildman–Crippen MR) is 74.4 cm³/mol. The van der Waals surface area contributed by atoms with Crippen molar-refractivity contribution < 1.29 is 9.53 Å². The number of carbonyl (C=O) groups excluding carboxylic acids is 1. The van der Waals surface area contributed by atoms with Gasteiger partial charge in [-0.3, -0.25) is 0 Å². The van der Waals surface area contributed by atoms with Crippen LogP contribution in [0.1, 0.15) is 52.4 Å². The lowest BCUT2D eigenvalue weighted by atomic mass is 9.93. The molecule has 104 valence electrons. The Labute approximate surface area is 111 Å². The zero-order valence-corrected chi connectivity index (χ0v) is 11.8. The van der Waals surface area contributed by atoms with Gasteiger partial charge in [-0.1, -0.05) is 31.8 Å². The molecule has 0 aromatic rings. The van der Waals surface area contributed by atoms with Crippen molar-refractivity contribution >= 4 is 5.97 Å². The van der Waals surface area contributed by atoms with E-state index in [1.807, 2.05) is 13.0 Å². The average molecular weight is 253 g/mol. The summed E-state index contributed by atoms with van der Waals surface area (Å²) in [5, 5.41) is 3.48. The Balaban J connectivity index is 2.19. The fourth-order valence-electron chi connectivity index (χ4n) is 2.58. The molecule has 0 heterocycles. The van der Waals surface area contributed by atoms with Gasteiger partial charge in [-0.2, -0.15) is 0 Å². The SMILES string of the molecule is CCOC(=O)/C=C/CN[C@@H](C)C1CCCCCC1. The highest BCUT2D eigenvalue weighted by atomic mass is 16.5. The minimum Gasteiger partial charge on any atom is -0.463 e. The molecule has 1 aliphatic carbocycles. The zero-order chi connectivity index (χ0) is 13.2. The van der Waals surface area contributed by atoms with E-state index in [1.165, 1.54) is 44.6 Å². The van der Waals surface area contributed by atoms with Crippen molar-refractivity contribution in [2.24, 2.45) is 5.92 Å². The van der Waals surface area contributed by atoms with Crippen molar-refractivity contribution in [2.75, 3.05) is 13.2 Å². The summed E-state index contributed by atoms with van der Waals surface area (Å²) in [6.45, 7) is 5.26. The molecule has 18 heavy (non-hydrogen) atoms. The van der Waals surface area contributed by atoms with Crippen LogP contribution in [0, 0.1) is 5.92 Å². The molecule has 3 heteroatoms. The lowest BCUT2D eigenvalue weighted by Crippen LogP contribution is -2.33. The Bertz CT molecular complexity index is 255. The molecule has 0 bridgehead atoms. The fraction of sp³-hybridized carbons (Fsp3) is 0.800. The number of hydrogen-bond donors (Lipinski definition) is 1. The van der Waals surface area contributed by atoms with Gasteiger partial charge in [-0.15, -0.1) is 0 Å². The molecule has 0 radical (unpaired) electrons. The summed E-state index contributed by atoms with van der Waals surface area (Å²) in [7, 11) is 0. The van der Waals surface area contributed by atoms with E-state index in [1.54, 1.807) is 0 Å². The van der Waals surface area contributed by atoms with Crippen LogP contribution in [0.4, 0.5) is 0 Å². The first-order chi connectivity index (χ1) is 8.74. The first-order valence-electron chi connectivity index (χ1n) is 7.30. The lowest BCUT2D eigenvalue weighted by Gasteiger charge is -2.23. The molecule has 0 aliphatic heterocycles. The monoisotopic (exact) mass is 253 g/mol. The molecule has 0 saturated heterocycles. The van der Waals surface area contributed by atoms with Gasteiger partial charge >= 0.3 is 5.97 Å². The van der Waals surface area contributed by atoms with Crippen LogP contribution in [0.15, 0.2) is 12.2 Å². The third kappa shape index (κ3) is 6.20. The lowest BCUT2D eigenvalue weighted by molar-refractivity contribution is -0.137. The number of rotatable bonds is 6. The third-order valence-corrected chi connectivity index (χ3v) is 3.71. The first kappa shape index (κ1) is 15.2. The molecule has 0 unspecified atom stereocenters. The van der Waals surface area contributed by atoms with Crippen LogP contribution in [-0.2, 0) is 9.53 Å². The van der Waals surface area contributed by atoms with Crippen LogP contribution in [0.2, 0.25) is 0 Å². The largest absolute Gasteiger partial charge is 0.463 e. The van der Waals surface area contributed by atoms with Crippen LogP contribution in [-0.4, -0.2) is 25.2 Å². The van der Waals surface area contributed by atoms with E-state index < -0.39 is 0 Å². The van der Waals surface area contributed by atoms with Crippen LogP contribution >= 0.6 is 0 Å². The van der Waals surface area contributed by atoms with Crippen LogP contribution in [0.3, 0.4) is 0 Å². The summed E-state index contributed by atoms with van der Waals surface area (Å²) in [6.07, 6.45) is 11.6. The summed E-state index contributed by atoms with van der Waals surface area (Å²) in [5.41, 5.74) is 0. The van der Waals surface area contributed by atoms with E-state index in [0.717, 1.165) is 12.5 Å². The molecule has 1 aliphatic rings. The van der Waals surface area contributed by atoms with Gasteiger partial charge in [-0.25, -0.2) is 4.79 Å². The van der Waals surface area contributed by atoms with Gasteiger partial charge in [0, 0.05) is 18.7 Å². The molecule has 1 atom stereocenters. The minimum atomic E-state index is -0.249. The van der Waals surface area contributed by atoms with Gasteiger partial charge in [0.15, 0.2) is 0 Å². The van der Waals surface area contributed by atoms with E-state index in [-0.39, 0.29) is 5.97 Å². The van der Waals surface area contributed by atoms with Crippen molar-refractivity contribution in [1.29, 1.82) is 0 Å². The number of nitrogens with one attached hydrogen (secondary N) is 1.